The molecule has 2 rings (SSSR count). The summed E-state index contributed by atoms with van der Waals surface area (Å²) in [6.07, 6.45) is 0.684. The molecule has 0 bridgehead atoms. The molecule has 1 atom stereocenters. The van der Waals surface area contributed by atoms with Crippen LogP contribution in [0.15, 0.2) is 24.3 Å². The van der Waals surface area contributed by atoms with Crippen LogP contribution in [0.1, 0.15) is 25.8 Å². The van der Waals surface area contributed by atoms with Crippen LogP contribution >= 0.6 is 0 Å². The minimum Gasteiger partial charge on any atom is -0.497 e. The van der Waals surface area contributed by atoms with Gasteiger partial charge in [0.05, 0.1) is 13.5 Å². The normalized spacial score (nSPS) is 17.2. The maximum atomic E-state index is 12.3. The van der Waals surface area contributed by atoms with Gasteiger partial charge in [0.2, 0.25) is 5.91 Å². The number of imide groups is 1. The summed E-state index contributed by atoms with van der Waals surface area (Å²) in [6, 6.07) is 6.63. The van der Waals surface area contributed by atoms with E-state index in [9.17, 15) is 14.4 Å². The standard InChI is InChI=1S/C18H25N3O4/c1-4-20-15(17(23)21(5-2)18(20)24)12-16(22)19-11-10-13-6-8-14(25-3)9-7-13/h6-9,15H,4-5,10-12H2,1-3H3,(H,19,22)/t15-/m0/s1. The monoisotopic (exact) mass is 347 g/mol. The smallest absolute Gasteiger partial charge is 0.327 e. The molecule has 1 aromatic carbocycles. The molecule has 1 aliphatic heterocycles. The van der Waals surface area contributed by atoms with Gasteiger partial charge in [-0.2, -0.15) is 0 Å². The van der Waals surface area contributed by atoms with Crippen LogP contribution < -0.4 is 10.1 Å². The second-order valence-electron chi connectivity index (χ2n) is 5.82. The van der Waals surface area contributed by atoms with Crippen LogP contribution in [0.25, 0.3) is 0 Å². The van der Waals surface area contributed by atoms with Gasteiger partial charge in [0.25, 0.3) is 5.91 Å². The first-order chi connectivity index (χ1) is 12.0. The van der Waals surface area contributed by atoms with Crippen molar-refractivity contribution in [2.45, 2.75) is 32.7 Å². The topological polar surface area (TPSA) is 79.0 Å². The summed E-state index contributed by atoms with van der Waals surface area (Å²) in [7, 11) is 1.61. The van der Waals surface area contributed by atoms with E-state index in [1.165, 1.54) is 9.80 Å². The number of methoxy groups -OCH3 is 1. The Kier molecular flexibility index (Phi) is 6.38. The molecule has 25 heavy (non-hydrogen) atoms. The number of hydrogen-bond donors (Lipinski definition) is 1. The summed E-state index contributed by atoms with van der Waals surface area (Å²) < 4.78 is 5.11. The van der Waals surface area contributed by atoms with Crippen molar-refractivity contribution >= 4 is 17.8 Å². The molecule has 0 aromatic heterocycles. The Balaban J connectivity index is 1.84. The third kappa shape index (κ3) is 4.29. The van der Waals surface area contributed by atoms with E-state index in [2.05, 4.69) is 5.32 Å². The van der Waals surface area contributed by atoms with E-state index in [0.29, 0.717) is 26.1 Å². The summed E-state index contributed by atoms with van der Waals surface area (Å²) in [5.41, 5.74) is 1.08. The molecule has 0 saturated carbocycles. The molecule has 1 fully saturated rings. The molecular formula is C18H25N3O4. The Morgan fingerprint density at radius 3 is 2.40 bits per heavy atom. The number of likely N-dealkylation sites (N-methyl/N-ethyl adjacent to an activating group) is 2. The lowest BCUT2D eigenvalue weighted by Gasteiger charge is -2.19. The van der Waals surface area contributed by atoms with Gasteiger partial charge in [-0.3, -0.25) is 14.5 Å². The molecule has 1 aliphatic rings. The van der Waals surface area contributed by atoms with Gasteiger partial charge in [-0.05, 0) is 38.0 Å². The highest BCUT2D eigenvalue weighted by Gasteiger charge is 2.44. The number of ether oxygens (including phenoxy) is 1. The van der Waals surface area contributed by atoms with Crippen molar-refractivity contribution in [3.8, 4) is 5.75 Å². The van der Waals surface area contributed by atoms with Crippen LogP contribution in [-0.4, -0.2) is 60.4 Å². The van der Waals surface area contributed by atoms with E-state index in [1.807, 2.05) is 24.3 Å². The number of nitrogens with zero attached hydrogens (tertiary/aromatic N) is 2. The number of nitrogens with one attached hydrogen (secondary N) is 1. The Labute approximate surface area is 147 Å². The molecule has 7 nitrogen and oxygen atoms in total. The Morgan fingerprint density at radius 1 is 1.16 bits per heavy atom. The van der Waals surface area contributed by atoms with Gasteiger partial charge < -0.3 is 15.0 Å². The Bertz CT molecular complexity index is 630. The molecule has 7 heteroatoms. The third-order valence-electron chi connectivity index (χ3n) is 4.33. The highest BCUT2D eigenvalue weighted by molar-refractivity contribution is 6.05. The van der Waals surface area contributed by atoms with E-state index in [1.54, 1.807) is 21.0 Å². The van der Waals surface area contributed by atoms with Gasteiger partial charge in [-0.1, -0.05) is 12.1 Å². The van der Waals surface area contributed by atoms with Gasteiger partial charge in [-0.15, -0.1) is 0 Å². The van der Waals surface area contributed by atoms with Crippen LogP contribution in [0.4, 0.5) is 4.79 Å². The lowest BCUT2D eigenvalue weighted by atomic mass is 10.1. The molecule has 4 amide bonds. The van der Waals surface area contributed by atoms with E-state index < -0.39 is 6.04 Å². The maximum Gasteiger partial charge on any atom is 0.327 e. The SMILES string of the molecule is CCN1C(=O)[C@H](CC(=O)NCCc2ccc(OC)cc2)N(CC)C1=O. The van der Waals surface area contributed by atoms with Crippen LogP contribution in [0.3, 0.4) is 0 Å². The average Bonchev–Trinajstić information content (AvgIpc) is 2.84. The fourth-order valence-electron chi connectivity index (χ4n) is 2.93. The summed E-state index contributed by atoms with van der Waals surface area (Å²) in [6.45, 7) is 4.76. The highest BCUT2D eigenvalue weighted by atomic mass is 16.5. The largest absolute Gasteiger partial charge is 0.497 e. The van der Waals surface area contributed by atoms with Crippen molar-refractivity contribution in [3.05, 3.63) is 29.8 Å². The van der Waals surface area contributed by atoms with Crippen LogP contribution in [-0.2, 0) is 16.0 Å². The molecule has 0 spiro atoms. The lowest BCUT2D eigenvalue weighted by Crippen LogP contribution is -2.39. The third-order valence-corrected chi connectivity index (χ3v) is 4.33. The van der Waals surface area contributed by atoms with E-state index >= 15 is 0 Å². The minimum absolute atomic E-state index is 0.00245. The zero-order valence-corrected chi connectivity index (χ0v) is 14.9. The molecular weight excluding hydrogens is 322 g/mol. The van der Waals surface area contributed by atoms with E-state index in [0.717, 1.165) is 11.3 Å². The zero-order valence-electron chi connectivity index (χ0n) is 14.9. The summed E-state index contributed by atoms with van der Waals surface area (Å²) in [5.74, 6) is 0.271. The first-order valence-electron chi connectivity index (χ1n) is 8.53. The second kappa shape index (κ2) is 8.50. The minimum atomic E-state index is -0.696. The van der Waals surface area contributed by atoms with Gasteiger partial charge >= 0.3 is 6.03 Å². The number of hydrogen-bond acceptors (Lipinski definition) is 4. The number of rotatable bonds is 8. The molecule has 1 heterocycles. The lowest BCUT2D eigenvalue weighted by molar-refractivity contribution is -0.131. The average molecular weight is 347 g/mol. The van der Waals surface area contributed by atoms with Gasteiger partial charge in [0.1, 0.15) is 11.8 Å². The van der Waals surface area contributed by atoms with E-state index in [4.69, 9.17) is 4.74 Å². The van der Waals surface area contributed by atoms with Crippen molar-refractivity contribution in [1.29, 1.82) is 0 Å². The fraction of sp³-hybridized carbons (Fsp3) is 0.500. The van der Waals surface area contributed by atoms with Crippen molar-refractivity contribution in [3.63, 3.8) is 0 Å². The van der Waals surface area contributed by atoms with Crippen LogP contribution in [0.2, 0.25) is 0 Å². The predicted molar refractivity (Wildman–Crippen MR) is 93.3 cm³/mol. The number of amides is 4. The second-order valence-corrected chi connectivity index (χ2v) is 5.82. The van der Waals surface area contributed by atoms with Gasteiger partial charge in [0.15, 0.2) is 0 Å². The highest BCUT2D eigenvalue weighted by Crippen LogP contribution is 2.19. The Hall–Kier alpha value is -2.57. The van der Waals surface area contributed by atoms with Crippen molar-refractivity contribution in [2.75, 3.05) is 26.7 Å². The predicted octanol–water partition coefficient (Wildman–Crippen LogP) is 1.42. The summed E-state index contributed by atoms with van der Waals surface area (Å²) in [4.78, 5) is 39.2. The Morgan fingerprint density at radius 2 is 1.84 bits per heavy atom. The maximum absolute atomic E-state index is 12.3. The fourth-order valence-corrected chi connectivity index (χ4v) is 2.93. The van der Waals surface area contributed by atoms with Crippen molar-refractivity contribution in [2.24, 2.45) is 0 Å². The van der Waals surface area contributed by atoms with Gasteiger partial charge in [-0.25, -0.2) is 4.79 Å². The number of benzene rings is 1. The first kappa shape index (κ1) is 18.8. The molecule has 1 aromatic rings. The molecule has 136 valence electrons. The molecule has 0 aliphatic carbocycles. The van der Waals surface area contributed by atoms with Crippen LogP contribution in [0.5, 0.6) is 5.75 Å². The van der Waals surface area contributed by atoms with Gasteiger partial charge in [0, 0.05) is 19.6 Å². The molecule has 0 unspecified atom stereocenters. The van der Waals surface area contributed by atoms with Crippen molar-refractivity contribution in [1.82, 2.24) is 15.1 Å². The summed E-state index contributed by atoms with van der Waals surface area (Å²) >= 11 is 0. The van der Waals surface area contributed by atoms with Crippen molar-refractivity contribution < 1.29 is 19.1 Å². The zero-order chi connectivity index (χ0) is 18.4. The van der Waals surface area contributed by atoms with E-state index in [-0.39, 0.29) is 24.3 Å². The molecule has 1 N–H and O–H groups in total. The number of carbonyl (C=O) groups is 3. The summed E-state index contributed by atoms with van der Waals surface area (Å²) in [5, 5.41) is 2.82. The molecule has 0 radical (unpaired) electrons. The number of urea groups is 1. The van der Waals surface area contributed by atoms with Crippen LogP contribution in [0, 0.1) is 0 Å². The first-order valence-corrected chi connectivity index (χ1v) is 8.53. The number of carbonyl (C=O) groups excluding carboxylic acids is 3. The molecule has 1 saturated heterocycles. The quantitative estimate of drug-likeness (QED) is 0.721.